The van der Waals surface area contributed by atoms with Crippen LogP contribution in [0.4, 0.5) is 5.82 Å². The maximum atomic E-state index is 9.82. The minimum Gasteiger partial charge on any atom is -0.359 e. The summed E-state index contributed by atoms with van der Waals surface area (Å²) in [7, 11) is 0. The van der Waals surface area contributed by atoms with Crippen molar-refractivity contribution in [2.45, 2.75) is 76.5 Å². The van der Waals surface area contributed by atoms with Gasteiger partial charge >= 0.3 is 0 Å². The Hall–Kier alpha value is -7.62. The summed E-state index contributed by atoms with van der Waals surface area (Å²) in [4.78, 5) is 14.6. The van der Waals surface area contributed by atoms with Crippen LogP contribution in [0.15, 0.2) is 109 Å². The lowest BCUT2D eigenvalue weighted by molar-refractivity contribution is 0.334. The second-order valence-corrected chi connectivity index (χ2v) is 16.2. The molecule has 6 aromatic rings. The van der Waals surface area contributed by atoms with E-state index in [0.717, 1.165) is 78.6 Å². The number of hydrogen-bond donors (Lipinski definition) is 0. The first-order valence-corrected chi connectivity index (χ1v) is 20.4. The summed E-state index contributed by atoms with van der Waals surface area (Å²) in [5.41, 5.74) is 4.72. The van der Waals surface area contributed by atoms with E-state index < -0.39 is 5.41 Å². The summed E-state index contributed by atoms with van der Waals surface area (Å²) in [6, 6.07) is 35.1. The molecule has 8 nitrogen and oxygen atoms in total. The van der Waals surface area contributed by atoms with Crippen molar-refractivity contribution in [3.05, 3.63) is 160 Å². The van der Waals surface area contributed by atoms with Crippen LogP contribution in [0.2, 0.25) is 0 Å². The zero-order valence-electron chi connectivity index (χ0n) is 33.6. The van der Waals surface area contributed by atoms with Crippen LogP contribution in [0, 0.1) is 76.6 Å². The first-order chi connectivity index (χ1) is 29.3. The van der Waals surface area contributed by atoms with Crippen molar-refractivity contribution < 1.29 is 0 Å². The Labute approximate surface area is 352 Å². The third-order valence-electron chi connectivity index (χ3n) is 12.0. The monoisotopic (exact) mass is 778 g/mol. The lowest BCUT2D eigenvalue weighted by Crippen LogP contribution is -2.34. The summed E-state index contributed by atoms with van der Waals surface area (Å²) in [5.74, 6) is 21.3. The first kappa shape index (κ1) is 39.2. The van der Waals surface area contributed by atoms with E-state index >= 15 is 0 Å². The van der Waals surface area contributed by atoms with Gasteiger partial charge in [-0.15, -0.1) is 11.1 Å². The largest absolute Gasteiger partial charge is 0.359 e. The molecule has 0 atom stereocenters. The summed E-state index contributed by atoms with van der Waals surface area (Å²) in [5, 5.41) is 19.1. The summed E-state index contributed by atoms with van der Waals surface area (Å²) in [6.45, 7) is 10.1. The normalized spacial score (nSPS) is 14.8. The smallest absolute Gasteiger partial charge is 0.295 e. The summed E-state index contributed by atoms with van der Waals surface area (Å²) < 4.78 is 3.39. The van der Waals surface area contributed by atoms with Gasteiger partial charge in [0.15, 0.2) is 17.3 Å². The molecule has 8 rings (SSSR count). The Bertz CT molecular complexity index is 2810. The third kappa shape index (κ3) is 8.07. The second-order valence-electron chi connectivity index (χ2n) is 16.2. The Kier molecular flexibility index (Phi) is 11.2. The molecule has 2 aromatic carbocycles. The van der Waals surface area contributed by atoms with Crippen molar-refractivity contribution in [1.29, 1.82) is 5.26 Å². The number of pyridine rings is 2. The number of aromatic nitrogens is 6. The van der Waals surface area contributed by atoms with Gasteiger partial charge in [0.1, 0.15) is 11.5 Å². The van der Waals surface area contributed by atoms with E-state index in [4.69, 9.17) is 23.0 Å². The van der Waals surface area contributed by atoms with Crippen LogP contribution in [-0.4, -0.2) is 29.5 Å². The maximum Gasteiger partial charge on any atom is 0.295 e. The molecule has 0 aliphatic heterocycles. The van der Waals surface area contributed by atoms with Crippen molar-refractivity contribution in [3.63, 3.8) is 0 Å². The van der Waals surface area contributed by atoms with E-state index in [1.54, 1.807) is 27.7 Å². The van der Waals surface area contributed by atoms with Gasteiger partial charge in [-0.25, -0.2) is 14.6 Å². The van der Waals surface area contributed by atoms with E-state index in [9.17, 15) is 5.26 Å². The Morgan fingerprint density at radius 2 is 1.25 bits per heavy atom. The van der Waals surface area contributed by atoms with Gasteiger partial charge in [0.2, 0.25) is 0 Å². The molecule has 2 fully saturated rings. The van der Waals surface area contributed by atoms with Crippen LogP contribution in [0.3, 0.4) is 0 Å². The van der Waals surface area contributed by atoms with Crippen LogP contribution < -0.4 is 0 Å². The summed E-state index contributed by atoms with van der Waals surface area (Å²) in [6.07, 6.45) is 19.1. The topological polar surface area (TPSA) is 89.6 Å². The fourth-order valence-electron chi connectivity index (χ4n) is 9.22. The van der Waals surface area contributed by atoms with Gasteiger partial charge in [-0.05, 0) is 143 Å². The Morgan fingerprint density at radius 1 is 0.700 bits per heavy atom. The van der Waals surface area contributed by atoms with Gasteiger partial charge in [-0.1, -0.05) is 106 Å². The number of benzene rings is 2. The molecule has 2 aliphatic carbocycles. The molecule has 290 valence electrons. The van der Waals surface area contributed by atoms with Gasteiger partial charge in [0.25, 0.3) is 5.82 Å². The lowest BCUT2D eigenvalue weighted by Gasteiger charge is -2.36. The fraction of sp³-hybridized carbons (Fsp3) is 0.269. The van der Waals surface area contributed by atoms with Crippen molar-refractivity contribution in [3.8, 4) is 65.6 Å². The van der Waals surface area contributed by atoms with Gasteiger partial charge in [-0.3, -0.25) is 0 Å². The maximum absolute atomic E-state index is 9.82. The molecule has 0 spiro atoms. The molecular weight excluding hydrogens is 737 g/mol. The molecule has 4 heterocycles. The minimum absolute atomic E-state index is 0.141. The molecule has 2 saturated carbocycles. The molecule has 8 heteroatoms. The molecule has 0 saturated heterocycles. The molecule has 60 heavy (non-hydrogen) atoms. The van der Waals surface area contributed by atoms with E-state index in [1.807, 2.05) is 18.3 Å². The SMILES string of the molecule is [C-]#[N+]c1ccn(-c2cc(CC3(C)CCCC3)cc(C(c3ccccc3)(c3ccccc3)c3cc(CC4(C#CC#CC#CC#C)CCCC4)cc(-n4ccc(C#N)n4)n3)n2)n1. The highest BCUT2D eigenvalue weighted by molar-refractivity contribution is 5.59. The van der Waals surface area contributed by atoms with Crippen molar-refractivity contribution in [2.24, 2.45) is 10.8 Å². The number of terminal acetylenes is 1. The lowest BCUT2D eigenvalue weighted by atomic mass is 9.68. The standard InChI is InChI=1S/C52H42N8/c1-4-5-6-7-8-15-28-51(29-18-19-30-51)38-41-34-46(55-48(36-41)59-31-24-44(39-53)57-59)52(42-20-11-9-12-21-42,43-22-13-10-14-23-43)45-33-40(37-50(2)26-16-17-27-50)35-49(56-45)60-32-25-47(54-3)58-60/h1,9-14,20-25,31-36H,16-19,26-27,29-30,37-38H2,2H3. The van der Waals surface area contributed by atoms with Crippen molar-refractivity contribution in [1.82, 2.24) is 29.5 Å². The predicted octanol–water partition coefficient (Wildman–Crippen LogP) is 9.52. The quantitative estimate of drug-likeness (QED) is 0.102. The highest BCUT2D eigenvalue weighted by atomic mass is 15.3. The second kappa shape index (κ2) is 17.1. The Morgan fingerprint density at radius 3 is 1.82 bits per heavy atom. The predicted molar refractivity (Wildman–Crippen MR) is 233 cm³/mol. The molecular formula is C52H42N8. The van der Waals surface area contributed by atoms with Crippen LogP contribution in [0.25, 0.3) is 16.5 Å². The fourth-order valence-corrected chi connectivity index (χ4v) is 9.22. The van der Waals surface area contributed by atoms with Crippen molar-refractivity contribution in [2.75, 3.05) is 0 Å². The zero-order valence-corrected chi connectivity index (χ0v) is 33.6. The van der Waals surface area contributed by atoms with Crippen LogP contribution in [0.5, 0.6) is 0 Å². The average Bonchev–Trinajstić information content (AvgIpc) is 4.12. The van der Waals surface area contributed by atoms with Gasteiger partial charge in [0.05, 0.1) is 11.4 Å². The van der Waals surface area contributed by atoms with Crippen LogP contribution >= 0.6 is 0 Å². The number of hydrogen-bond acceptors (Lipinski definition) is 5. The van der Waals surface area contributed by atoms with Crippen LogP contribution in [-0.2, 0) is 18.3 Å². The molecule has 0 radical (unpaired) electrons. The number of rotatable bonds is 10. The molecule has 0 bridgehead atoms. The average molecular weight is 779 g/mol. The van der Waals surface area contributed by atoms with E-state index in [1.165, 1.54) is 12.8 Å². The zero-order chi connectivity index (χ0) is 41.4. The van der Waals surface area contributed by atoms with E-state index in [-0.39, 0.29) is 10.8 Å². The van der Waals surface area contributed by atoms with Gasteiger partial charge in [0, 0.05) is 17.8 Å². The molecule has 4 aromatic heterocycles. The molecule has 0 N–H and O–H groups in total. The third-order valence-corrected chi connectivity index (χ3v) is 12.0. The van der Waals surface area contributed by atoms with Gasteiger partial charge < -0.3 is 4.85 Å². The number of nitrogens with zero attached hydrogens (tertiary/aromatic N) is 8. The minimum atomic E-state index is -1.05. The van der Waals surface area contributed by atoms with Gasteiger partial charge in [-0.2, -0.15) is 10.4 Å². The first-order valence-electron chi connectivity index (χ1n) is 20.4. The Balaban J connectivity index is 1.42. The highest BCUT2D eigenvalue weighted by Gasteiger charge is 2.43. The van der Waals surface area contributed by atoms with Crippen molar-refractivity contribution >= 4 is 5.82 Å². The van der Waals surface area contributed by atoms with Crippen LogP contribution in [0.1, 0.15) is 97.6 Å². The number of nitriles is 1. The summed E-state index contributed by atoms with van der Waals surface area (Å²) >= 11 is 0. The molecule has 0 unspecified atom stereocenters. The van der Waals surface area contributed by atoms with E-state index in [0.29, 0.717) is 29.6 Å². The van der Waals surface area contributed by atoms with E-state index in [2.05, 4.69) is 142 Å². The molecule has 0 amide bonds. The highest BCUT2D eigenvalue weighted by Crippen LogP contribution is 2.47. The molecule has 2 aliphatic rings.